The number of rotatable bonds is 4. The van der Waals surface area contributed by atoms with E-state index in [-0.39, 0.29) is 0 Å². The fraction of sp³-hybridized carbons (Fsp3) is 1.00. The fourth-order valence-corrected chi connectivity index (χ4v) is 2.80. The van der Waals surface area contributed by atoms with Crippen LogP contribution in [-0.2, 0) is 0 Å². The molecule has 0 aromatic heterocycles. The number of hydrogen-bond donors (Lipinski definition) is 2. The van der Waals surface area contributed by atoms with Gasteiger partial charge in [-0.3, -0.25) is 0 Å². The Morgan fingerprint density at radius 2 is 2.07 bits per heavy atom. The Morgan fingerprint density at radius 3 is 2.60 bits per heavy atom. The van der Waals surface area contributed by atoms with E-state index in [0.717, 1.165) is 24.3 Å². The van der Waals surface area contributed by atoms with Crippen LogP contribution in [0.5, 0.6) is 0 Å². The topological polar surface area (TPSA) is 32.3 Å². The van der Waals surface area contributed by atoms with Gasteiger partial charge in [-0.1, -0.05) is 26.7 Å². The van der Waals surface area contributed by atoms with Gasteiger partial charge in [-0.2, -0.15) is 0 Å². The number of piperidine rings is 1. The summed E-state index contributed by atoms with van der Waals surface area (Å²) in [6.07, 6.45) is 5.36. The molecule has 1 saturated heterocycles. The Morgan fingerprint density at radius 1 is 1.33 bits per heavy atom. The zero-order valence-corrected chi connectivity index (χ0v) is 10.1. The minimum atomic E-state index is 0.369. The largest absolute Gasteiger partial charge is 0.396 e. The molecule has 2 aliphatic rings. The van der Waals surface area contributed by atoms with E-state index >= 15 is 0 Å². The summed E-state index contributed by atoms with van der Waals surface area (Å²) in [6.45, 7) is 6.11. The van der Waals surface area contributed by atoms with Gasteiger partial charge < -0.3 is 10.4 Å². The van der Waals surface area contributed by atoms with Crippen molar-refractivity contribution >= 4 is 0 Å². The van der Waals surface area contributed by atoms with Crippen LogP contribution >= 0.6 is 0 Å². The molecule has 0 amide bonds. The molecule has 1 aliphatic carbocycles. The van der Waals surface area contributed by atoms with E-state index in [4.69, 9.17) is 0 Å². The average molecular weight is 211 g/mol. The van der Waals surface area contributed by atoms with Crippen LogP contribution in [0.15, 0.2) is 0 Å². The van der Waals surface area contributed by atoms with Crippen molar-refractivity contribution in [3.05, 3.63) is 0 Å². The molecule has 2 rings (SSSR count). The molecule has 1 heterocycles. The van der Waals surface area contributed by atoms with Crippen LogP contribution in [-0.4, -0.2) is 24.3 Å². The molecule has 2 fully saturated rings. The van der Waals surface area contributed by atoms with Gasteiger partial charge in [-0.05, 0) is 43.1 Å². The van der Waals surface area contributed by atoms with Crippen molar-refractivity contribution in [1.29, 1.82) is 0 Å². The standard InChI is InChI=1S/C13H25NO/c1-9(2)11-6-12(8-15)13(14-7-11)5-10-3-4-10/h9-15H,3-8H2,1-2H3. The van der Waals surface area contributed by atoms with Gasteiger partial charge in [0.15, 0.2) is 0 Å². The molecule has 2 nitrogen and oxygen atoms in total. The Hall–Kier alpha value is -0.0800. The smallest absolute Gasteiger partial charge is 0.0474 e. The Bertz CT molecular complexity index is 201. The molecule has 2 N–H and O–H groups in total. The van der Waals surface area contributed by atoms with Gasteiger partial charge in [0.2, 0.25) is 0 Å². The lowest BCUT2D eigenvalue weighted by Crippen LogP contribution is -2.48. The minimum Gasteiger partial charge on any atom is -0.396 e. The number of hydrogen-bond acceptors (Lipinski definition) is 2. The van der Waals surface area contributed by atoms with E-state index < -0.39 is 0 Å². The van der Waals surface area contributed by atoms with Crippen LogP contribution < -0.4 is 5.32 Å². The van der Waals surface area contributed by atoms with E-state index in [2.05, 4.69) is 19.2 Å². The van der Waals surface area contributed by atoms with Gasteiger partial charge in [0.25, 0.3) is 0 Å². The molecule has 88 valence electrons. The first-order chi connectivity index (χ1) is 7.20. The lowest BCUT2D eigenvalue weighted by atomic mass is 9.78. The van der Waals surface area contributed by atoms with Crippen LogP contribution in [0.3, 0.4) is 0 Å². The highest BCUT2D eigenvalue weighted by atomic mass is 16.3. The second kappa shape index (κ2) is 4.84. The molecule has 1 aliphatic heterocycles. The summed E-state index contributed by atoms with van der Waals surface area (Å²) in [7, 11) is 0. The summed E-state index contributed by atoms with van der Waals surface area (Å²) in [5.74, 6) is 2.98. The van der Waals surface area contributed by atoms with Gasteiger partial charge in [-0.25, -0.2) is 0 Å². The minimum absolute atomic E-state index is 0.369. The summed E-state index contributed by atoms with van der Waals surface area (Å²) in [4.78, 5) is 0. The summed E-state index contributed by atoms with van der Waals surface area (Å²) < 4.78 is 0. The summed E-state index contributed by atoms with van der Waals surface area (Å²) in [5.41, 5.74) is 0. The third-order valence-electron chi connectivity index (χ3n) is 4.28. The van der Waals surface area contributed by atoms with Gasteiger partial charge in [0.1, 0.15) is 0 Å². The van der Waals surface area contributed by atoms with E-state index in [1.54, 1.807) is 0 Å². The third kappa shape index (κ3) is 2.94. The average Bonchev–Trinajstić information content (AvgIpc) is 3.02. The van der Waals surface area contributed by atoms with Crippen LogP contribution in [0.4, 0.5) is 0 Å². The van der Waals surface area contributed by atoms with Crippen molar-refractivity contribution in [2.45, 2.75) is 45.6 Å². The van der Waals surface area contributed by atoms with Crippen molar-refractivity contribution < 1.29 is 5.11 Å². The predicted octanol–water partition coefficient (Wildman–Crippen LogP) is 2.03. The number of aliphatic hydroxyl groups excluding tert-OH is 1. The number of aliphatic hydroxyl groups is 1. The molecule has 0 bridgehead atoms. The monoisotopic (exact) mass is 211 g/mol. The molecule has 0 aromatic rings. The SMILES string of the molecule is CC(C)C1CNC(CC2CC2)C(CO)C1. The second-order valence-electron chi connectivity index (χ2n) is 5.88. The Balaban J connectivity index is 1.85. The van der Waals surface area contributed by atoms with Crippen molar-refractivity contribution in [3.8, 4) is 0 Å². The lowest BCUT2D eigenvalue weighted by molar-refractivity contribution is 0.108. The van der Waals surface area contributed by atoms with Crippen molar-refractivity contribution in [2.24, 2.45) is 23.7 Å². The summed E-state index contributed by atoms with van der Waals surface area (Å²) >= 11 is 0. The van der Waals surface area contributed by atoms with Crippen LogP contribution in [0, 0.1) is 23.7 Å². The van der Waals surface area contributed by atoms with Crippen LogP contribution in [0.1, 0.15) is 39.5 Å². The van der Waals surface area contributed by atoms with Gasteiger partial charge in [0, 0.05) is 12.6 Å². The van der Waals surface area contributed by atoms with Gasteiger partial charge in [-0.15, -0.1) is 0 Å². The zero-order chi connectivity index (χ0) is 10.8. The molecule has 1 saturated carbocycles. The predicted molar refractivity (Wildman–Crippen MR) is 62.7 cm³/mol. The first-order valence-corrected chi connectivity index (χ1v) is 6.55. The molecular weight excluding hydrogens is 186 g/mol. The van der Waals surface area contributed by atoms with Gasteiger partial charge in [0.05, 0.1) is 0 Å². The molecule has 0 radical (unpaired) electrons. The first-order valence-electron chi connectivity index (χ1n) is 6.55. The highest BCUT2D eigenvalue weighted by Gasteiger charge is 2.34. The molecule has 3 unspecified atom stereocenters. The maximum Gasteiger partial charge on any atom is 0.0474 e. The maximum atomic E-state index is 9.45. The van der Waals surface area contributed by atoms with E-state index in [9.17, 15) is 5.11 Å². The highest BCUT2D eigenvalue weighted by molar-refractivity contribution is 4.90. The molecule has 2 heteroatoms. The normalized spacial score (nSPS) is 37.2. The van der Waals surface area contributed by atoms with E-state index in [0.29, 0.717) is 18.6 Å². The Labute approximate surface area is 93.5 Å². The molecule has 3 atom stereocenters. The van der Waals surface area contributed by atoms with Crippen LogP contribution in [0.2, 0.25) is 0 Å². The zero-order valence-electron chi connectivity index (χ0n) is 10.1. The van der Waals surface area contributed by atoms with E-state index in [1.807, 2.05) is 0 Å². The Kier molecular flexibility index (Phi) is 3.68. The van der Waals surface area contributed by atoms with Crippen molar-refractivity contribution in [1.82, 2.24) is 5.32 Å². The quantitative estimate of drug-likeness (QED) is 0.746. The van der Waals surface area contributed by atoms with Crippen LogP contribution in [0.25, 0.3) is 0 Å². The second-order valence-corrected chi connectivity index (χ2v) is 5.88. The fourth-order valence-electron chi connectivity index (χ4n) is 2.80. The summed E-state index contributed by atoms with van der Waals surface area (Å²) in [5, 5.41) is 13.1. The maximum absolute atomic E-state index is 9.45. The van der Waals surface area contributed by atoms with Crippen molar-refractivity contribution in [3.63, 3.8) is 0 Å². The van der Waals surface area contributed by atoms with E-state index in [1.165, 1.54) is 25.7 Å². The van der Waals surface area contributed by atoms with Crippen molar-refractivity contribution in [2.75, 3.05) is 13.2 Å². The lowest BCUT2D eigenvalue weighted by Gasteiger charge is -2.38. The highest BCUT2D eigenvalue weighted by Crippen LogP contribution is 2.37. The third-order valence-corrected chi connectivity index (χ3v) is 4.28. The molecule has 0 aromatic carbocycles. The van der Waals surface area contributed by atoms with Gasteiger partial charge >= 0.3 is 0 Å². The molecule has 0 spiro atoms. The number of nitrogens with one attached hydrogen (secondary N) is 1. The molecular formula is C13H25NO. The summed E-state index contributed by atoms with van der Waals surface area (Å²) in [6, 6.07) is 0.595. The first kappa shape index (κ1) is 11.4. The molecule has 15 heavy (non-hydrogen) atoms.